The molecule has 1 amide bonds. The quantitative estimate of drug-likeness (QED) is 0.757. The van der Waals surface area contributed by atoms with E-state index in [4.69, 9.17) is 5.11 Å². The summed E-state index contributed by atoms with van der Waals surface area (Å²) in [4.78, 5) is 25.3. The molecule has 0 aliphatic carbocycles. The van der Waals surface area contributed by atoms with Crippen molar-refractivity contribution in [3.05, 3.63) is 24.0 Å². The van der Waals surface area contributed by atoms with E-state index >= 15 is 0 Å². The van der Waals surface area contributed by atoms with Gasteiger partial charge < -0.3 is 15.2 Å². The van der Waals surface area contributed by atoms with Gasteiger partial charge in [-0.2, -0.15) is 0 Å². The van der Waals surface area contributed by atoms with Crippen LogP contribution >= 0.6 is 0 Å². The summed E-state index contributed by atoms with van der Waals surface area (Å²) >= 11 is 0. The number of carboxylic acid groups (broad SMARTS) is 1. The number of aromatic nitrogens is 1. The predicted octanol–water partition coefficient (Wildman–Crippen LogP) is 0.430. The second-order valence-electron chi connectivity index (χ2n) is 3.12. The normalized spacial score (nSPS) is 9.81. The summed E-state index contributed by atoms with van der Waals surface area (Å²) in [5.74, 6) is -1.50. The van der Waals surface area contributed by atoms with Crippen molar-refractivity contribution in [1.29, 1.82) is 0 Å². The number of anilines is 1. The topological polar surface area (TPSA) is 88.5 Å². The average Bonchev–Trinajstić information content (AvgIpc) is 2.16. The molecule has 86 valence electrons. The van der Waals surface area contributed by atoms with Gasteiger partial charge in [-0.25, -0.2) is 4.79 Å². The standard InChI is InChI=1S/C10H12N2O4/c1-7-4-8(2-3-11-7)12-9(13)5-16-6-10(14)15/h2-4H,5-6H2,1H3,(H,14,15)(H,11,12,13). The number of nitrogens with zero attached hydrogens (tertiary/aromatic N) is 1. The first-order valence-corrected chi connectivity index (χ1v) is 4.60. The summed E-state index contributed by atoms with van der Waals surface area (Å²) in [6.07, 6.45) is 1.57. The van der Waals surface area contributed by atoms with E-state index < -0.39 is 18.5 Å². The van der Waals surface area contributed by atoms with Crippen LogP contribution in [0.25, 0.3) is 0 Å². The molecule has 0 saturated heterocycles. The van der Waals surface area contributed by atoms with Crippen LogP contribution in [0.1, 0.15) is 5.69 Å². The van der Waals surface area contributed by atoms with Crippen molar-refractivity contribution in [3.63, 3.8) is 0 Å². The molecular formula is C10H12N2O4. The second kappa shape index (κ2) is 5.82. The van der Waals surface area contributed by atoms with E-state index in [-0.39, 0.29) is 6.61 Å². The molecule has 0 aromatic carbocycles. The third-order valence-corrected chi connectivity index (χ3v) is 1.64. The molecule has 0 spiro atoms. The first kappa shape index (κ1) is 12.1. The van der Waals surface area contributed by atoms with Gasteiger partial charge in [-0.3, -0.25) is 9.78 Å². The number of carbonyl (C=O) groups excluding carboxylic acids is 1. The number of carbonyl (C=O) groups is 2. The highest BCUT2D eigenvalue weighted by molar-refractivity contribution is 5.91. The van der Waals surface area contributed by atoms with Gasteiger partial charge in [-0.15, -0.1) is 0 Å². The summed E-state index contributed by atoms with van der Waals surface area (Å²) in [5, 5.41) is 10.8. The number of hydrogen-bond acceptors (Lipinski definition) is 4. The Morgan fingerprint density at radius 2 is 2.25 bits per heavy atom. The minimum atomic E-state index is -1.10. The minimum absolute atomic E-state index is 0.284. The van der Waals surface area contributed by atoms with E-state index in [9.17, 15) is 9.59 Å². The van der Waals surface area contributed by atoms with E-state index in [2.05, 4.69) is 15.0 Å². The van der Waals surface area contributed by atoms with E-state index in [1.165, 1.54) is 0 Å². The predicted molar refractivity (Wildman–Crippen MR) is 56.1 cm³/mol. The molecule has 1 heterocycles. The molecule has 16 heavy (non-hydrogen) atoms. The lowest BCUT2D eigenvalue weighted by molar-refractivity contribution is -0.143. The summed E-state index contributed by atoms with van der Waals surface area (Å²) in [6.45, 7) is 1.03. The zero-order valence-electron chi connectivity index (χ0n) is 8.77. The number of nitrogens with one attached hydrogen (secondary N) is 1. The number of carboxylic acids is 1. The van der Waals surface area contributed by atoms with Crippen LogP contribution in [0.5, 0.6) is 0 Å². The lowest BCUT2D eigenvalue weighted by atomic mass is 10.3. The molecule has 0 aliphatic rings. The molecule has 0 fully saturated rings. The Morgan fingerprint density at radius 1 is 1.50 bits per heavy atom. The van der Waals surface area contributed by atoms with E-state index in [1.807, 2.05) is 0 Å². The molecule has 6 nitrogen and oxygen atoms in total. The lowest BCUT2D eigenvalue weighted by Gasteiger charge is -2.05. The Balaban J connectivity index is 2.37. The summed E-state index contributed by atoms with van der Waals surface area (Å²) in [5.41, 5.74) is 1.39. The lowest BCUT2D eigenvalue weighted by Crippen LogP contribution is -2.20. The highest BCUT2D eigenvalue weighted by Gasteiger charge is 2.04. The van der Waals surface area contributed by atoms with Gasteiger partial charge in [0.1, 0.15) is 13.2 Å². The first-order chi connectivity index (χ1) is 7.58. The Labute approximate surface area is 92.3 Å². The maximum atomic E-state index is 11.3. The van der Waals surface area contributed by atoms with Gasteiger partial charge in [0.15, 0.2) is 0 Å². The van der Waals surface area contributed by atoms with Crippen molar-refractivity contribution < 1.29 is 19.4 Å². The van der Waals surface area contributed by atoms with Crippen LogP contribution in [-0.4, -0.2) is 35.2 Å². The van der Waals surface area contributed by atoms with Crippen LogP contribution in [-0.2, 0) is 14.3 Å². The number of ether oxygens (including phenoxy) is 1. The van der Waals surface area contributed by atoms with Crippen LogP contribution in [0.4, 0.5) is 5.69 Å². The molecule has 0 radical (unpaired) electrons. The molecule has 0 unspecified atom stereocenters. The average molecular weight is 224 g/mol. The Kier molecular flexibility index (Phi) is 4.41. The minimum Gasteiger partial charge on any atom is -0.480 e. The Hall–Kier alpha value is -1.95. The Morgan fingerprint density at radius 3 is 2.88 bits per heavy atom. The molecule has 1 aromatic rings. The summed E-state index contributed by atoms with van der Waals surface area (Å²) in [6, 6.07) is 3.34. The van der Waals surface area contributed by atoms with Crippen molar-refractivity contribution in [2.45, 2.75) is 6.92 Å². The zero-order valence-corrected chi connectivity index (χ0v) is 8.77. The third-order valence-electron chi connectivity index (χ3n) is 1.64. The van der Waals surface area contributed by atoms with Crippen LogP contribution in [0.2, 0.25) is 0 Å². The molecule has 0 saturated carbocycles. The van der Waals surface area contributed by atoms with Crippen molar-refractivity contribution >= 4 is 17.6 Å². The van der Waals surface area contributed by atoms with Crippen LogP contribution in [0.15, 0.2) is 18.3 Å². The molecule has 6 heteroatoms. The van der Waals surface area contributed by atoms with Gasteiger partial charge in [-0.1, -0.05) is 0 Å². The largest absolute Gasteiger partial charge is 0.480 e. The van der Waals surface area contributed by atoms with Gasteiger partial charge in [0.2, 0.25) is 5.91 Å². The fourth-order valence-electron chi connectivity index (χ4n) is 1.05. The zero-order chi connectivity index (χ0) is 12.0. The molecule has 1 rings (SSSR count). The molecule has 0 atom stereocenters. The number of aryl methyl sites for hydroxylation is 1. The molecule has 2 N–H and O–H groups in total. The van der Waals surface area contributed by atoms with E-state index in [0.29, 0.717) is 5.69 Å². The first-order valence-electron chi connectivity index (χ1n) is 4.60. The van der Waals surface area contributed by atoms with Crippen molar-refractivity contribution in [3.8, 4) is 0 Å². The fraction of sp³-hybridized carbons (Fsp3) is 0.300. The van der Waals surface area contributed by atoms with Gasteiger partial charge in [0, 0.05) is 17.6 Å². The number of rotatable bonds is 5. The van der Waals surface area contributed by atoms with E-state index in [1.54, 1.807) is 25.3 Å². The van der Waals surface area contributed by atoms with E-state index in [0.717, 1.165) is 5.69 Å². The number of pyridine rings is 1. The van der Waals surface area contributed by atoms with Crippen LogP contribution in [0.3, 0.4) is 0 Å². The number of aliphatic carboxylic acids is 1. The summed E-state index contributed by atoms with van der Waals surface area (Å²) < 4.78 is 4.63. The van der Waals surface area contributed by atoms with Gasteiger partial charge in [0.05, 0.1) is 0 Å². The number of hydrogen-bond donors (Lipinski definition) is 2. The maximum Gasteiger partial charge on any atom is 0.329 e. The molecule has 1 aromatic heterocycles. The SMILES string of the molecule is Cc1cc(NC(=O)COCC(=O)O)ccn1. The Bertz CT molecular complexity index is 392. The van der Waals surface area contributed by atoms with Crippen molar-refractivity contribution in [2.24, 2.45) is 0 Å². The van der Waals surface area contributed by atoms with Gasteiger partial charge in [0.25, 0.3) is 0 Å². The molecular weight excluding hydrogens is 212 g/mol. The van der Waals surface area contributed by atoms with Crippen LogP contribution < -0.4 is 5.32 Å². The summed E-state index contributed by atoms with van der Waals surface area (Å²) in [7, 11) is 0. The van der Waals surface area contributed by atoms with Gasteiger partial charge >= 0.3 is 5.97 Å². The van der Waals surface area contributed by atoms with Gasteiger partial charge in [-0.05, 0) is 19.1 Å². The third kappa shape index (κ3) is 4.52. The second-order valence-corrected chi connectivity index (χ2v) is 3.12. The van der Waals surface area contributed by atoms with Crippen molar-refractivity contribution in [2.75, 3.05) is 18.5 Å². The fourth-order valence-corrected chi connectivity index (χ4v) is 1.05. The highest BCUT2D eigenvalue weighted by atomic mass is 16.5. The highest BCUT2D eigenvalue weighted by Crippen LogP contribution is 2.06. The van der Waals surface area contributed by atoms with Crippen LogP contribution in [0, 0.1) is 6.92 Å². The molecule has 0 aliphatic heterocycles. The monoisotopic (exact) mass is 224 g/mol. The maximum absolute atomic E-state index is 11.3. The van der Waals surface area contributed by atoms with Crippen molar-refractivity contribution in [1.82, 2.24) is 4.98 Å². The number of amides is 1. The molecule has 0 bridgehead atoms. The smallest absolute Gasteiger partial charge is 0.329 e.